The smallest absolute Gasteiger partial charge is 0.324 e. The topological polar surface area (TPSA) is 33.2 Å². The maximum atomic E-state index is 12.5. The first-order chi connectivity index (χ1) is 9.90. The molecule has 0 spiro atoms. The van der Waals surface area contributed by atoms with Crippen molar-refractivity contribution in [2.45, 2.75) is 6.18 Å². The number of hydrogen-bond donors (Lipinski definition) is 0. The summed E-state index contributed by atoms with van der Waals surface area (Å²) in [6.07, 6.45) is -3.19. The zero-order valence-corrected chi connectivity index (χ0v) is 12.4. The van der Waals surface area contributed by atoms with E-state index in [1.54, 1.807) is 0 Å². The van der Waals surface area contributed by atoms with Gasteiger partial charge < -0.3 is 4.90 Å². The molecule has 0 unspecified atom stereocenters. The summed E-state index contributed by atoms with van der Waals surface area (Å²) in [5, 5.41) is 3.97. The highest BCUT2D eigenvalue weighted by Crippen LogP contribution is 2.28. The Labute approximate surface area is 127 Å². The van der Waals surface area contributed by atoms with Crippen molar-refractivity contribution in [2.24, 2.45) is 0 Å². The van der Waals surface area contributed by atoms with E-state index in [1.165, 1.54) is 34.1 Å². The molecule has 3 nitrogen and oxygen atoms in total. The summed E-state index contributed by atoms with van der Waals surface area (Å²) in [7, 11) is 0. The molecule has 2 aromatic rings. The summed E-state index contributed by atoms with van der Waals surface area (Å²) in [5.74, 6) is -0.744. The van der Waals surface area contributed by atoms with Crippen LogP contribution in [0.4, 0.5) is 13.2 Å². The number of alkyl halides is 3. The van der Waals surface area contributed by atoms with Gasteiger partial charge in [0.2, 0.25) is 0 Å². The second kappa shape index (κ2) is 6.40. The van der Waals surface area contributed by atoms with Gasteiger partial charge in [0.05, 0.1) is 4.88 Å². The van der Waals surface area contributed by atoms with E-state index < -0.39 is 18.6 Å². The number of amides is 1. The van der Waals surface area contributed by atoms with E-state index in [2.05, 4.69) is 11.6 Å². The summed E-state index contributed by atoms with van der Waals surface area (Å²) in [6.45, 7) is 1.88. The summed E-state index contributed by atoms with van der Waals surface area (Å²) >= 11 is 2.69. The fourth-order valence-electron chi connectivity index (χ4n) is 1.64. The molecular formula is C13H11F3N2OS2. The van der Waals surface area contributed by atoms with Gasteiger partial charge in [-0.05, 0) is 11.4 Å². The highest BCUT2D eigenvalue weighted by atomic mass is 32.1. The minimum absolute atomic E-state index is 0.0227. The fourth-order valence-corrected chi connectivity index (χ4v) is 3.25. The van der Waals surface area contributed by atoms with E-state index in [0.29, 0.717) is 9.91 Å². The van der Waals surface area contributed by atoms with Gasteiger partial charge in [-0.25, -0.2) is 4.98 Å². The van der Waals surface area contributed by atoms with Crippen molar-refractivity contribution in [1.82, 2.24) is 9.88 Å². The highest BCUT2D eigenvalue weighted by molar-refractivity contribution is 7.20. The van der Waals surface area contributed by atoms with Gasteiger partial charge in [0.25, 0.3) is 5.91 Å². The van der Waals surface area contributed by atoms with Crippen LogP contribution in [-0.2, 0) is 0 Å². The Morgan fingerprint density at radius 1 is 1.43 bits per heavy atom. The lowest BCUT2D eigenvalue weighted by atomic mass is 10.3. The number of thiazole rings is 1. The van der Waals surface area contributed by atoms with E-state index >= 15 is 0 Å². The van der Waals surface area contributed by atoms with Gasteiger partial charge in [-0.1, -0.05) is 12.1 Å². The molecule has 2 rings (SSSR count). The molecule has 0 aliphatic carbocycles. The summed E-state index contributed by atoms with van der Waals surface area (Å²) < 4.78 is 37.5. The second-order valence-electron chi connectivity index (χ2n) is 4.10. The zero-order chi connectivity index (χ0) is 15.5. The van der Waals surface area contributed by atoms with Crippen molar-refractivity contribution in [2.75, 3.05) is 13.1 Å². The molecule has 0 bridgehead atoms. The van der Waals surface area contributed by atoms with Crippen LogP contribution in [0.15, 0.2) is 35.5 Å². The Morgan fingerprint density at radius 3 is 2.76 bits per heavy atom. The zero-order valence-electron chi connectivity index (χ0n) is 10.8. The minimum atomic E-state index is -4.45. The number of aromatic nitrogens is 1. The standard InChI is InChI=1S/C13H11F3N2OS2/c1-2-5-18(8-13(14,15)16)12(19)9-7-21-11(17-9)10-4-3-6-20-10/h2-4,6-7H,1,5,8H2. The molecule has 0 fully saturated rings. The maximum absolute atomic E-state index is 12.5. The fraction of sp³-hybridized carbons (Fsp3) is 0.231. The molecule has 0 saturated carbocycles. The van der Waals surface area contributed by atoms with Crippen molar-refractivity contribution in [3.05, 3.63) is 41.2 Å². The number of thiophene rings is 1. The average molecular weight is 332 g/mol. The van der Waals surface area contributed by atoms with Gasteiger partial charge in [-0.3, -0.25) is 4.79 Å². The van der Waals surface area contributed by atoms with Crippen LogP contribution < -0.4 is 0 Å². The van der Waals surface area contributed by atoms with E-state index in [4.69, 9.17) is 0 Å². The minimum Gasteiger partial charge on any atom is -0.324 e. The monoisotopic (exact) mass is 332 g/mol. The third kappa shape index (κ3) is 4.15. The third-order valence-corrected chi connectivity index (χ3v) is 4.34. The number of carbonyl (C=O) groups excluding carboxylic acids is 1. The molecule has 1 amide bonds. The van der Waals surface area contributed by atoms with Gasteiger partial charge >= 0.3 is 6.18 Å². The molecule has 8 heteroatoms. The first-order valence-corrected chi connectivity index (χ1v) is 7.63. The number of nitrogens with zero attached hydrogens (tertiary/aromatic N) is 2. The number of halogens is 3. The predicted molar refractivity (Wildman–Crippen MR) is 77.6 cm³/mol. The first-order valence-electron chi connectivity index (χ1n) is 5.87. The van der Waals surface area contributed by atoms with Crippen LogP contribution in [0.5, 0.6) is 0 Å². The van der Waals surface area contributed by atoms with Crippen molar-refractivity contribution in [3.8, 4) is 9.88 Å². The first kappa shape index (κ1) is 15.7. The molecule has 0 aliphatic heterocycles. The largest absolute Gasteiger partial charge is 0.406 e. The van der Waals surface area contributed by atoms with E-state index in [-0.39, 0.29) is 12.2 Å². The quantitative estimate of drug-likeness (QED) is 0.774. The Bertz CT molecular complexity index is 620. The van der Waals surface area contributed by atoms with E-state index in [9.17, 15) is 18.0 Å². The average Bonchev–Trinajstić information content (AvgIpc) is 3.06. The van der Waals surface area contributed by atoms with Gasteiger partial charge in [0, 0.05) is 11.9 Å². The Kier molecular flexibility index (Phi) is 4.79. The molecule has 2 aromatic heterocycles. The second-order valence-corrected chi connectivity index (χ2v) is 5.91. The molecule has 21 heavy (non-hydrogen) atoms. The number of hydrogen-bond acceptors (Lipinski definition) is 4. The Hall–Kier alpha value is -1.67. The lowest BCUT2D eigenvalue weighted by Gasteiger charge is -2.21. The van der Waals surface area contributed by atoms with Crippen molar-refractivity contribution < 1.29 is 18.0 Å². The van der Waals surface area contributed by atoms with Crippen LogP contribution in [0.25, 0.3) is 9.88 Å². The van der Waals surface area contributed by atoms with E-state index in [1.807, 2.05) is 17.5 Å². The van der Waals surface area contributed by atoms with Crippen LogP contribution in [-0.4, -0.2) is 35.1 Å². The number of rotatable bonds is 5. The molecule has 0 saturated heterocycles. The summed E-state index contributed by atoms with van der Waals surface area (Å²) in [5.41, 5.74) is 0.0227. The van der Waals surface area contributed by atoms with Crippen LogP contribution in [0.2, 0.25) is 0 Å². The third-order valence-electron chi connectivity index (χ3n) is 2.46. The summed E-state index contributed by atoms with van der Waals surface area (Å²) in [4.78, 5) is 17.8. The maximum Gasteiger partial charge on any atom is 0.406 e. The number of carbonyl (C=O) groups is 1. The summed E-state index contributed by atoms with van der Waals surface area (Å²) in [6, 6.07) is 3.69. The van der Waals surface area contributed by atoms with Crippen molar-refractivity contribution >= 4 is 28.6 Å². The van der Waals surface area contributed by atoms with Crippen LogP contribution in [0.3, 0.4) is 0 Å². The van der Waals surface area contributed by atoms with Crippen molar-refractivity contribution in [3.63, 3.8) is 0 Å². The van der Waals surface area contributed by atoms with Crippen LogP contribution in [0.1, 0.15) is 10.5 Å². The molecule has 2 heterocycles. The molecule has 0 aliphatic rings. The van der Waals surface area contributed by atoms with Gasteiger partial charge in [-0.15, -0.1) is 29.3 Å². The Balaban J connectivity index is 2.19. The molecule has 0 N–H and O–H groups in total. The van der Waals surface area contributed by atoms with Crippen molar-refractivity contribution in [1.29, 1.82) is 0 Å². The SMILES string of the molecule is C=CCN(CC(F)(F)F)C(=O)c1csc(-c2cccs2)n1. The van der Waals surface area contributed by atoms with Gasteiger partial charge in [0.1, 0.15) is 17.2 Å². The van der Waals surface area contributed by atoms with E-state index in [0.717, 1.165) is 4.88 Å². The molecule has 0 aromatic carbocycles. The molecular weight excluding hydrogens is 321 g/mol. The molecule has 0 radical (unpaired) electrons. The predicted octanol–water partition coefficient (Wildman–Crippen LogP) is 4.06. The van der Waals surface area contributed by atoms with Gasteiger partial charge in [-0.2, -0.15) is 13.2 Å². The van der Waals surface area contributed by atoms with Crippen LogP contribution >= 0.6 is 22.7 Å². The molecule has 0 atom stereocenters. The lowest BCUT2D eigenvalue weighted by molar-refractivity contribution is -0.139. The highest BCUT2D eigenvalue weighted by Gasteiger charge is 2.33. The van der Waals surface area contributed by atoms with Gasteiger partial charge in [0.15, 0.2) is 0 Å². The normalized spacial score (nSPS) is 11.4. The molecule has 112 valence electrons. The Morgan fingerprint density at radius 2 is 2.19 bits per heavy atom. The lowest BCUT2D eigenvalue weighted by Crippen LogP contribution is -2.39. The van der Waals surface area contributed by atoms with Crippen LogP contribution in [0, 0.1) is 0 Å².